The first kappa shape index (κ1) is 16.6. The standard InChI is InChI=1S/C16H11ClN4O4/c17-13-7-2-1-6-12(13)16(22)18-9-14-19-15(20-25-14)10-4-3-5-11(8-10)21(23)24/h1-8H,9H2,(H,18,22). The summed E-state index contributed by atoms with van der Waals surface area (Å²) >= 11 is 5.96. The first-order chi connectivity index (χ1) is 12.0. The Bertz CT molecular complexity index is 941. The molecule has 0 aliphatic rings. The van der Waals surface area contributed by atoms with Crippen LogP contribution in [0.25, 0.3) is 11.4 Å². The van der Waals surface area contributed by atoms with E-state index in [1.165, 1.54) is 18.2 Å². The summed E-state index contributed by atoms with van der Waals surface area (Å²) < 4.78 is 5.06. The molecule has 8 nitrogen and oxygen atoms in total. The maximum Gasteiger partial charge on any atom is 0.270 e. The Kier molecular flexibility index (Phi) is 4.71. The summed E-state index contributed by atoms with van der Waals surface area (Å²) in [5, 5.41) is 17.5. The number of nitro groups is 1. The van der Waals surface area contributed by atoms with Crippen LogP contribution in [0.1, 0.15) is 16.2 Å². The maximum atomic E-state index is 12.1. The Morgan fingerprint density at radius 2 is 2.04 bits per heavy atom. The second kappa shape index (κ2) is 7.10. The van der Waals surface area contributed by atoms with E-state index in [4.69, 9.17) is 16.1 Å². The third kappa shape index (κ3) is 3.81. The number of nitrogens with zero attached hydrogens (tertiary/aromatic N) is 3. The van der Waals surface area contributed by atoms with Gasteiger partial charge in [0.05, 0.1) is 22.1 Å². The topological polar surface area (TPSA) is 111 Å². The van der Waals surface area contributed by atoms with Gasteiger partial charge in [0.1, 0.15) is 0 Å². The lowest BCUT2D eigenvalue weighted by Gasteiger charge is -2.03. The third-order valence-corrected chi connectivity index (χ3v) is 3.63. The molecule has 0 aliphatic heterocycles. The van der Waals surface area contributed by atoms with Gasteiger partial charge in [-0.2, -0.15) is 4.98 Å². The van der Waals surface area contributed by atoms with Gasteiger partial charge in [0.15, 0.2) is 0 Å². The Balaban J connectivity index is 1.70. The van der Waals surface area contributed by atoms with E-state index in [-0.39, 0.29) is 29.9 Å². The van der Waals surface area contributed by atoms with Gasteiger partial charge in [-0.1, -0.05) is 41.0 Å². The molecule has 1 N–H and O–H groups in total. The van der Waals surface area contributed by atoms with Crippen LogP contribution < -0.4 is 5.32 Å². The molecule has 1 aromatic heterocycles. The van der Waals surface area contributed by atoms with Gasteiger partial charge >= 0.3 is 0 Å². The molecule has 9 heteroatoms. The zero-order valence-corrected chi connectivity index (χ0v) is 13.4. The van der Waals surface area contributed by atoms with E-state index in [1.54, 1.807) is 30.3 Å². The van der Waals surface area contributed by atoms with E-state index >= 15 is 0 Å². The van der Waals surface area contributed by atoms with Crippen LogP contribution in [0.2, 0.25) is 5.02 Å². The fourth-order valence-electron chi connectivity index (χ4n) is 2.10. The molecule has 0 spiro atoms. The van der Waals surface area contributed by atoms with Crippen LogP contribution in [0.5, 0.6) is 0 Å². The number of hydrogen-bond acceptors (Lipinski definition) is 6. The van der Waals surface area contributed by atoms with Gasteiger partial charge in [0.25, 0.3) is 11.6 Å². The number of amides is 1. The Morgan fingerprint density at radius 1 is 1.24 bits per heavy atom. The van der Waals surface area contributed by atoms with Crippen LogP contribution >= 0.6 is 11.6 Å². The van der Waals surface area contributed by atoms with Crippen LogP contribution in [0.3, 0.4) is 0 Å². The van der Waals surface area contributed by atoms with Gasteiger partial charge in [-0.15, -0.1) is 0 Å². The van der Waals surface area contributed by atoms with Crippen molar-refractivity contribution in [1.29, 1.82) is 0 Å². The molecule has 0 atom stereocenters. The molecule has 0 radical (unpaired) electrons. The second-order valence-electron chi connectivity index (χ2n) is 4.98. The lowest BCUT2D eigenvalue weighted by molar-refractivity contribution is -0.384. The lowest BCUT2D eigenvalue weighted by atomic mass is 10.2. The molecule has 3 rings (SSSR count). The number of rotatable bonds is 5. The first-order valence-corrected chi connectivity index (χ1v) is 7.52. The van der Waals surface area contributed by atoms with Crippen molar-refractivity contribution in [2.24, 2.45) is 0 Å². The van der Waals surface area contributed by atoms with E-state index in [2.05, 4.69) is 15.5 Å². The summed E-state index contributed by atoms with van der Waals surface area (Å²) in [6.07, 6.45) is 0. The minimum atomic E-state index is -0.506. The van der Waals surface area contributed by atoms with Crippen LogP contribution in [-0.4, -0.2) is 21.0 Å². The molecule has 126 valence electrons. The average molecular weight is 359 g/mol. The van der Waals surface area contributed by atoms with Gasteiger partial charge < -0.3 is 9.84 Å². The maximum absolute atomic E-state index is 12.1. The van der Waals surface area contributed by atoms with Gasteiger partial charge in [-0.05, 0) is 12.1 Å². The Labute approximate surface area is 146 Å². The van der Waals surface area contributed by atoms with Gasteiger partial charge in [0, 0.05) is 17.7 Å². The molecule has 2 aromatic carbocycles. The summed E-state index contributed by atoms with van der Waals surface area (Å²) in [5.41, 5.74) is 0.708. The van der Waals surface area contributed by atoms with Gasteiger partial charge in [0.2, 0.25) is 11.7 Å². The predicted octanol–water partition coefficient (Wildman–Crippen LogP) is 3.23. The predicted molar refractivity (Wildman–Crippen MR) is 89.0 cm³/mol. The summed E-state index contributed by atoms with van der Waals surface area (Å²) in [5.74, 6) is -0.00620. The quantitative estimate of drug-likeness (QED) is 0.553. The summed E-state index contributed by atoms with van der Waals surface area (Å²) in [6, 6.07) is 12.5. The molecule has 1 heterocycles. The fourth-order valence-corrected chi connectivity index (χ4v) is 2.32. The molecule has 0 fully saturated rings. The third-order valence-electron chi connectivity index (χ3n) is 3.30. The number of carbonyl (C=O) groups is 1. The number of carbonyl (C=O) groups excluding carboxylic acids is 1. The number of nitro benzene ring substituents is 1. The molecule has 0 unspecified atom stereocenters. The zero-order chi connectivity index (χ0) is 17.8. The summed E-state index contributed by atoms with van der Waals surface area (Å²) in [6.45, 7) is 0.00594. The van der Waals surface area contributed by atoms with E-state index in [1.807, 2.05) is 0 Å². The molecule has 1 amide bonds. The van der Waals surface area contributed by atoms with Crippen molar-refractivity contribution in [1.82, 2.24) is 15.5 Å². The number of halogens is 1. The summed E-state index contributed by atoms with van der Waals surface area (Å²) in [4.78, 5) is 26.5. The van der Waals surface area contributed by atoms with Crippen molar-refractivity contribution in [3.63, 3.8) is 0 Å². The van der Waals surface area contributed by atoms with Crippen LogP contribution in [0.4, 0.5) is 5.69 Å². The normalized spacial score (nSPS) is 10.4. The highest BCUT2D eigenvalue weighted by molar-refractivity contribution is 6.33. The molecule has 0 aliphatic carbocycles. The Hall–Kier alpha value is -3.26. The van der Waals surface area contributed by atoms with Crippen molar-refractivity contribution in [2.45, 2.75) is 6.54 Å². The number of non-ortho nitro benzene ring substituents is 1. The molecule has 0 saturated carbocycles. The van der Waals surface area contributed by atoms with Crippen molar-refractivity contribution >= 4 is 23.2 Å². The van der Waals surface area contributed by atoms with Crippen LogP contribution in [0, 0.1) is 10.1 Å². The molecule has 3 aromatic rings. The smallest absolute Gasteiger partial charge is 0.270 e. The largest absolute Gasteiger partial charge is 0.343 e. The van der Waals surface area contributed by atoms with E-state index < -0.39 is 4.92 Å². The average Bonchev–Trinajstić information content (AvgIpc) is 3.09. The highest BCUT2D eigenvalue weighted by Crippen LogP contribution is 2.21. The molecule has 25 heavy (non-hydrogen) atoms. The minimum Gasteiger partial charge on any atom is -0.343 e. The van der Waals surface area contributed by atoms with Crippen LogP contribution in [0.15, 0.2) is 53.1 Å². The van der Waals surface area contributed by atoms with Crippen molar-refractivity contribution in [3.05, 3.63) is 75.1 Å². The van der Waals surface area contributed by atoms with Crippen molar-refractivity contribution in [3.8, 4) is 11.4 Å². The summed E-state index contributed by atoms with van der Waals surface area (Å²) in [7, 11) is 0. The molecular weight excluding hydrogens is 348 g/mol. The number of aromatic nitrogens is 2. The fraction of sp³-hybridized carbons (Fsp3) is 0.0625. The van der Waals surface area contributed by atoms with E-state index in [0.717, 1.165) is 0 Å². The minimum absolute atomic E-state index is 0.00594. The van der Waals surface area contributed by atoms with Crippen molar-refractivity contribution in [2.75, 3.05) is 0 Å². The highest BCUT2D eigenvalue weighted by atomic mass is 35.5. The molecule has 0 saturated heterocycles. The lowest BCUT2D eigenvalue weighted by Crippen LogP contribution is -2.23. The van der Waals surface area contributed by atoms with Crippen molar-refractivity contribution < 1.29 is 14.2 Å². The number of hydrogen-bond donors (Lipinski definition) is 1. The van der Waals surface area contributed by atoms with Crippen LogP contribution in [-0.2, 0) is 6.54 Å². The molecular formula is C16H11ClN4O4. The number of nitrogens with one attached hydrogen (secondary N) is 1. The molecule has 0 bridgehead atoms. The van der Waals surface area contributed by atoms with Gasteiger partial charge in [-0.25, -0.2) is 0 Å². The SMILES string of the molecule is O=C(NCc1nc(-c2cccc([N+](=O)[O-])c2)no1)c1ccccc1Cl. The van der Waals surface area contributed by atoms with Gasteiger partial charge in [-0.3, -0.25) is 14.9 Å². The second-order valence-corrected chi connectivity index (χ2v) is 5.39. The zero-order valence-electron chi connectivity index (χ0n) is 12.7. The van der Waals surface area contributed by atoms with E-state index in [0.29, 0.717) is 16.1 Å². The van der Waals surface area contributed by atoms with E-state index in [9.17, 15) is 14.9 Å². The Morgan fingerprint density at radius 3 is 2.80 bits per heavy atom. The first-order valence-electron chi connectivity index (χ1n) is 7.15. The monoisotopic (exact) mass is 358 g/mol. The number of benzene rings is 2. The highest BCUT2D eigenvalue weighted by Gasteiger charge is 2.14.